The number of hydrogen-bond donors (Lipinski definition) is 1. The predicted octanol–water partition coefficient (Wildman–Crippen LogP) is 7.43. The van der Waals surface area contributed by atoms with E-state index in [1.165, 1.54) is 5.69 Å². The number of halogens is 4. The van der Waals surface area contributed by atoms with Gasteiger partial charge in [0.1, 0.15) is 0 Å². The lowest BCUT2D eigenvalue weighted by Crippen LogP contribution is -2.48. The lowest BCUT2D eigenvalue weighted by atomic mass is 9.71. The van der Waals surface area contributed by atoms with Gasteiger partial charge in [0.05, 0.1) is 17.2 Å². The number of nitrogens with one attached hydrogen (secondary N) is 1. The Bertz CT molecular complexity index is 1560. The van der Waals surface area contributed by atoms with E-state index in [-0.39, 0.29) is 21.8 Å². The van der Waals surface area contributed by atoms with Crippen molar-refractivity contribution in [1.29, 1.82) is 0 Å². The zero-order chi connectivity index (χ0) is 31.3. The van der Waals surface area contributed by atoms with E-state index in [0.29, 0.717) is 25.1 Å². The number of carbonyl (C=O) groups excluding carboxylic acids is 2. The summed E-state index contributed by atoms with van der Waals surface area (Å²) < 4.78 is 41.0. The second-order valence-electron chi connectivity index (χ2n) is 13.1. The van der Waals surface area contributed by atoms with Crippen LogP contribution in [0.3, 0.4) is 0 Å². The molecule has 1 N–H and O–H groups in total. The van der Waals surface area contributed by atoms with E-state index < -0.39 is 29.3 Å². The van der Waals surface area contributed by atoms with Crippen LogP contribution in [0.5, 0.6) is 0 Å². The normalized spacial score (nSPS) is 20.8. The molecule has 1 atom stereocenters. The maximum atomic E-state index is 13.7. The smallest absolute Gasteiger partial charge is 0.371 e. The number of benzene rings is 2. The summed E-state index contributed by atoms with van der Waals surface area (Å²) in [5.74, 6) is -0.901. The van der Waals surface area contributed by atoms with Gasteiger partial charge in [0.2, 0.25) is 0 Å². The summed E-state index contributed by atoms with van der Waals surface area (Å²) in [6.07, 6.45) is 3.54. The average Bonchev–Trinajstić information content (AvgIpc) is 3.25. The van der Waals surface area contributed by atoms with Crippen LogP contribution in [0.2, 0.25) is 5.02 Å². The molecule has 0 radical (unpaired) electrons. The first kappa shape index (κ1) is 30.4. The molecule has 2 saturated heterocycles. The van der Waals surface area contributed by atoms with Crippen molar-refractivity contribution in [2.24, 2.45) is 5.41 Å². The van der Waals surface area contributed by atoms with Crippen LogP contribution in [-0.2, 0) is 11.6 Å². The maximum absolute atomic E-state index is 13.7. The van der Waals surface area contributed by atoms with E-state index in [2.05, 4.69) is 15.2 Å². The van der Waals surface area contributed by atoms with Crippen molar-refractivity contribution in [3.05, 3.63) is 93.8 Å². The molecule has 3 aliphatic rings. The van der Waals surface area contributed by atoms with Crippen molar-refractivity contribution < 1.29 is 22.8 Å². The van der Waals surface area contributed by atoms with E-state index in [1.54, 1.807) is 0 Å². The highest BCUT2D eigenvalue weighted by atomic mass is 35.5. The molecule has 1 spiro atoms. The third-order valence-corrected chi connectivity index (χ3v) is 10.2. The van der Waals surface area contributed by atoms with Crippen LogP contribution in [0.1, 0.15) is 89.4 Å². The average molecular weight is 625 g/mol. The third kappa shape index (κ3) is 5.91. The van der Waals surface area contributed by atoms with Crippen molar-refractivity contribution in [3.63, 3.8) is 0 Å². The molecule has 2 fully saturated rings. The Morgan fingerprint density at radius 2 is 1.59 bits per heavy atom. The summed E-state index contributed by atoms with van der Waals surface area (Å²) in [6, 6.07) is 12.1. The van der Waals surface area contributed by atoms with E-state index in [0.717, 1.165) is 68.1 Å². The molecule has 1 aromatic heterocycles. The molecule has 2 aromatic carbocycles. The van der Waals surface area contributed by atoms with Gasteiger partial charge in [0.15, 0.2) is 0 Å². The minimum absolute atomic E-state index is 0.0470. The number of rotatable bonds is 4. The van der Waals surface area contributed by atoms with Crippen molar-refractivity contribution in [2.75, 3.05) is 31.1 Å². The van der Waals surface area contributed by atoms with Crippen LogP contribution >= 0.6 is 11.6 Å². The summed E-state index contributed by atoms with van der Waals surface area (Å²) in [7, 11) is 0. The molecule has 1 aliphatic carbocycles. The zero-order valence-corrected chi connectivity index (χ0v) is 25.6. The number of pyridine rings is 1. The monoisotopic (exact) mass is 624 g/mol. The van der Waals surface area contributed by atoms with E-state index >= 15 is 0 Å². The number of fused-ring (bicyclic) bond motifs is 1. The van der Waals surface area contributed by atoms with E-state index in [1.807, 2.05) is 61.5 Å². The first-order valence-electron chi connectivity index (χ1n) is 15.1. The number of anilines is 1. The van der Waals surface area contributed by atoms with E-state index in [4.69, 9.17) is 11.6 Å². The van der Waals surface area contributed by atoms with Crippen molar-refractivity contribution in [1.82, 2.24) is 15.2 Å². The Balaban J connectivity index is 1.15. The fourth-order valence-electron chi connectivity index (χ4n) is 7.31. The predicted molar refractivity (Wildman–Crippen MR) is 164 cm³/mol. The van der Waals surface area contributed by atoms with Gasteiger partial charge in [-0.1, -0.05) is 31.5 Å². The van der Waals surface area contributed by atoms with Crippen LogP contribution in [-0.4, -0.2) is 47.9 Å². The van der Waals surface area contributed by atoms with Gasteiger partial charge in [-0.25, -0.2) is 0 Å². The van der Waals surface area contributed by atoms with Crippen LogP contribution in [0.4, 0.5) is 18.9 Å². The fourth-order valence-corrected chi connectivity index (χ4v) is 7.48. The molecular weight excluding hydrogens is 589 g/mol. The molecule has 3 heterocycles. The Labute approximate surface area is 260 Å². The molecule has 3 aromatic rings. The van der Waals surface area contributed by atoms with E-state index in [9.17, 15) is 22.8 Å². The number of nitrogens with zero attached hydrogens (tertiary/aromatic N) is 3. The van der Waals surface area contributed by atoms with Crippen LogP contribution < -0.4 is 10.2 Å². The molecule has 6 nitrogen and oxygen atoms in total. The van der Waals surface area contributed by atoms with Gasteiger partial charge in [0.25, 0.3) is 11.8 Å². The van der Waals surface area contributed by atoms with Crippen molar-refractivity contribution in [3.8, 4) is 0 Å². The SMILES string of the molecule is CC1(C)CC(NC(=O)c2cc(Cl)ccc2C(F)(F)F)c2cc(C(=O)N3CCC4(CC3)CCN(c3ccncc3)CC4)ccc21. The number of carbonyl (C=O) groups is 2. The number of piperidine rings is 2. The van der Waals surface area contributed by atoms with Gasteiger partial charge in [0, 0.05) is 54.8 Å². The standard InChI is InChI=1S/C34H36ClF3N4O2/c1-32(2)21-29(40-30(43)26-20-23(35)4-6-28(26)34(36,37)38)25-19-22(3-5-27(25)32)31(44)42-17-11-33(12-18-42)9-15-41(16-10-33)24-7-13-39-14-8-24/h3-8,13-14,19-20,29H,9-12,15-18,21H2,1-2H3,(H,40,43). The summed E-state index contributed by atoms with van der Waals surface area (Å²) in [5.41, 5.74) is 1.82. The van der Waals surface area contributed by atoms with Crippen LogP contribution in [0.25, 0.3) is 0 Å². The summed E-state index contributed by atoms with van der Waals surface area (Å²) in [4.78, 5) is 35.3. The second-order valence-corrected chi connectivity index (χ2v) is 13.5. The molecule has 2 amide bonds. The van der Waals surface area contributed by atoms with Crippen molar-refractivity contribution in [2.45, 2.75) is 63.6 Å². The Kier molecular flexibility index (Phi) is 7.89. The Hall–Kier alpha value is -3.59. The number of hydrogen-bond acceptors (Lipinski definition) is 4. The first-order valence-corrected chi connectivity index (χ1v) is 15.5. The van der Waals surface area contributed by atoms with Crippen LogP contribution in [0.15, 0.2) is 60.9 Å². The Morgan fingerprint density at radius 3 is 2.25 bits per heavy atom. The zero-order valence-electron chi connectivity index (χ0n) is 24.9. The number of alkyl halides is 3. The molecule has 44 heavy (non-hydrogen) atoms. The van der Waals surface area contributed by atoms with Crippen molar-refractivity contribution >= 4 is 29.1 Å². The third-order valence-electron chi connectivity index (χ3n) is 9.92. The van der Waals surface area contributed by atoms with Crippen LogP contribution in [0, 0.1) is 5.41 Å². The molecule has 0 bridgehead atoms. The lowest BCUT2D eigenvalue weighted by Gasteiger charge is -2.47. The summed E-state index contributed by atoms with van der Waals surface area (Å²) >= 11 is 5.97. The summed E-state index contributed by atoms with van der Waals surface area (Å²) in [5, 5.41) is 2.86. The van der Waals surface area contributed by atoms with Gasteiger partial charge in [-0.3, -0.25) is 14.6 Å². The highest BCUT2D eigenvalue weighted by Crippen LogP contribution is 2.46. The minimum Gasteiger partial charge on any atom is -0.371 e. The highest BCUT2D eigenvalue weighted by molar-refractivity contribution is 6.31. The largest absolute Gasteiger partial charge is 0.417 e. The minimum atomic E-state index is -4.70. The fraction of sp³-hybridized carbons (Fsp3) is 0.441. The molecular formula is C34H36ClF3N4O2. The maximum Gasteiger partial charge on any atom is 0.417 e. The number of aromatic nitrogens is 1. The Morgan fingerprint density at radius 1 is 0.932 bits per heavy atom. The van der Waals surface area contributed by atoms with Gasteiger partial charge >= 0.3 is 6.18 Å². The topological polar surface area (TPSA) is 65.5 Å². The molecule has 0 saturated carbocycles. The molecule has 6 rings (SSSR count). The highest BCUT2D eigenvalue weighted by Gasteiger charge is 2.42. The number of amides is 2. The van der Waals surface area contributed by atoms with Gasteiger partial charge < -0.3 is 15.1 Å². The second kappa shape index (κ2) is 11.4. The molecule has 2 aliphatic heterocycles. The van der Waals surface area contributed by atoms with Gasteiger partial charge in [-0.15, -0.1) is 0 Å². The molecule has 10 heteroatoms. The quantitative estimate of drug-likeness (QED) is 0.328. The molecule has 1 unspecified atom stereocenters. The summed E-state index contributed by atoms with van der Waals surface area (Å²) in [6.45, 7) is 7.42. The van der Waals surface area contributed by atoms with Gasteiger partial charge in [-0.2, -0.15) is 13.2 Å². The molecule has 232 valence electrons. The number of likely N-dealkylation sites (tertiary alicyclic amines) is 1. The first-order chi connectivity index (χ1) is 20.9. The lowest BCUT2D eigenvalue weighted by molar-refractivity contribution is -0.137. The van der Waals surface area contributed by atoms with Gasteiger partial charge in [-0.05, 0) is 96.5 Å².